The Bertz CT molecular complexity index is 306. The topological polar surface area (TPSA) is 45.9 Å². The molecule has 0 radical (unpaired) electrons. The number of ether oxygens (including phenoxy) is 1. The predicted molar refractivity (Wildman–Crippen MR) is 48.2 cm³/mol. The first kappa shape index (κ1) is 8.27. The molecule has 0 aromatic carbocycles. The molecule has 1 aromatic heterocycles. The number of nitrogens with zero attached hydrogens (tertiary/aromatic N) is 2. The van der Waals surface area contributed by atoms with Crippen LogP contribution in [0, 0.1) is 14.9 Å². The summed E-state index contributed by atoms with van der Waals surface area (Å²) in [6.45, 7) is 0. The second kappa shape index (κ2) is 3.53. The van der Waals surface area contributed by atoms with Crippen molar-refractivity contribution in [3.8, 4) is 11.8 Å². The van der Waals surface area contributed by atoms with Crippen LogP contribution in [0.15, 0.2) is 12.3 Å². The van der Waals surface area contributed by atoms with Crippen molar-refractivity contribution in [2.75, 3.05) is 7.11 Å². The third kappa shape index (κ3) is 1.80. The Labute approximate surface area is 78.1 Å². The molecular weight excluding hydrogens is 255 g/mol. The molecule has 0 amide bonds. The van der Waals surface area contributed by atoms with E-state index in [1.54, 1.807) is 12.3 Å². The third-order valence-corrected chi connectivity index (χ3v) is 1.74. The highest BCUT2D eigenvalue weighted by Gasteiger charge is 2.02. The van der Waals surface area contributed by atoms with Gasteiger partial charge in [0, 0.05) is 9.77 Å². The maximum absolute atomic E-state index is 8.55. The van der Waals surface area contributed by atoms with Crippen LogP contribution >= 0.6 is 22.6 Å². The summed E-state index contributed by atoms with van der Waals surface area (Å²) >= 11 is 2.11. The fourth-order valence-corrected chi connectivity index (χ4v) is 1.08. The molecule has 0 aliphatic carbocycles. The summed E-state index contributed by atoms with van der Waals surface area (Å²) in [6.07, 6.45) is 1.63. The quantitative estimate of drug-likeness (QED) is 0.720. The molecule has 0 aliphatic rings. The zero-order valence-corrected chi connectivity index (χ0v) is 7.99. The molecule has 56 valence electrons. The van der Waals surface area contributed by atoms with Crippen molar-refractivity contribution in [3.05, 3.63) is 21.5 Å². The normalized spacial score (nSPS) is 8.82. The Kier molecular flexibility index (Phi) is 2.65. The molecule has 0 fully saturated rings. The maximum Gasteiger partial charge on any atom is 0.182 e. The number of pyridine rings is 1. The number of rotatable bonds is 1. The molecule has 0 unspecified atom stereocenters. The van der Waals surface area contributed by atoms with Crippen LogP contribution in [0.5, 0.6) is 5.75 Å². The minimum Gasteiger partial charge on any atom is -0.494 e. The summed E-state index contributed by atoms with van der Waals surface area (Å²) in [5.74, 6) is 0.527. The van der Waals surface area contributed by atoms with Crippen molar-refractivity contribution >= 4 is 22.6 Å². The molecule has 1 aromatic rings. The van der Waals surface area contributed by atoms with Gasteiger partial charge in [-0.25, -0.2) is 4.98 Å². The van der Waals surface area contributed by atoms with Crippen LogP contribution in [0.2, 0.25) is 0 Å². The molecule has 11 heavy (non-hydrogen) atoms. The molecule has 1 rings (SSSR count). The van der Waals surface area contributed by atoms with Gasteiger partial charge in [-0.15, -0.1) is 0 Å². The number of halogens is 1. The summed E-state index contributed by atoms with van der Waals surface area (Å²) in [5.41, 5.74) is 0.327. The van der Waals surface area contributed by atoms with Gasteiger partial charge < -0.3 is 4.74 Å². The molecule has 0 spiro atoms. The number of hydrogen-bond donors (Lipinski definition) is 0. The van der Waals surface area contributed by atoms with Gasteiger partial charge in [0.15, 0.2) is 11.4 Å². The number of aromatic nitrogens is 1. The number of nitriles is 1. The summed E-state index contributed by atoms with van der Waals surface area (Å²) in [6, 6.07) is 3.70. The SMILES string of the molecule is COc1cc(I)cnc1C#N. The molecule has 0 saturated heterocycles. The van der Waals surface area contributed by atoms with Crippen LogP contribution < -0.4 is 4.74 Å². The number of methoxy groups -OCH3 is 1. The molecule has 0 saturated carbocycles. The lowest BCUT2D eigenvalue weighted by atomic mass is 10.3. The van der Waals surface area contributed by atoms with Gasteiger partial charge in [-0.1, -0.05) is 0 Å². The van der Waals surface area contributed by atoms with Gasteiger partial charge in [0.25, 0.3) is 0 Å². The Morgan fingerprint density at radius 1 is 1.73 bits per heavy atom. The van der Waals surface area contributed by atoms with E-state index in [2.05, 4.69) is 27.6 Å². The Morgan fingerprint density at radius 3 is 3.00 bits per heavy atom. The monoisotopic (exact) mass is 260 g/mol. The minimum absolute atomic E-state index is 0.327. The lowest BCUT2D eigenvalue weighted by molar-refractivity contribution is 0.411. The minimum atomic E-state index is 0.327. The van der Waals surface area contributed by atoms with Crippen molar-refractivity contribution in [3.63, 3.8) is 0 Å². The van der Waals surface area contributed by atoms with Gasteiger partial charge >= 0.3 is 0 Å². The molecule has 4 heteroatoms. The molecular formula is C7H5IN2O. The van der Waals surface area contributed by atoms with Gasteiger partial charge in [0.1, 0.15) is 6.07 Å². The first-order valence-corrected chi connectivity index (χ1v) is 3.95. The summed E-state index contributed by atoms with van der Waals surface area (Å²) in [4.78, 5) is 3.87. The van der Waals surface area contributed by atoms with Crippen LogP contribution in [0.25, 0.3) is 0 Å². The van der Waals surface area contributed by atoms with E-state index in [0.717, 1.165) is 3.57 Å². The summed E-state index contributed by atoms with van der Waals surface area (Å²) in [7, 11) is 1.52. The van der Waals surface area contributed by atoms with E-state index in [1.807, 2.05) is 6.07 Å². The van der Waals surface area contributed by atoms with E-state index in [9.17, 15) is 0 Å². The molecule has 3 nitrogen and oxygen atoms in total. The smallest absolute Gasteiger partial charge is 0.182 e. The van der Waals surface area contributed by atoms with Gasteiger partial charge in [-0.3, -0.25) is 0 Å². The Hall–Kier alpha value is -0.830. The molecule has 0 atom stereocenters. The van der Waals surface area contributed by atoms with E-state index in [-0.39, 0.29) is 0 Å². The molecule has 0 aliphatic heterocycles. The first-order chi connectivity index (χ1) is 5.27. The van der Waals surface area contributed by atoms with Crippen molar-refractivity contribution in [1.82, 2.24) is 4.98 Å². The fraction of sp³-hybridized carbons (Fsp3) is 0.143. The molecule has 1 heterocycles. The van der Waals surface area contributed by atoms with Crippen LogP contribution in [-0.2, 0) is 0 Å². The van der Waals surface area contributed by atoms with Crippen molar-refractivity contribution in [2.45, 2.75) is 0 Å². The van der Waals surface area contributed by atoms with Gasteiger partial charge in [-0.05, 0) is 28.7 Å². The Morgan fingerprint density at radius 2 is 2.45 bits per heavy atom. The second-order valence-electron chi connectivity index (χ2n) is 1.82. The lowest BCUT2D eigenvalue weighted by Crippen LogP contribution is -1.91. The van der Waals surface area contributed by atoms with E-state index in [0.29, 0.717) is 11.4 Å². The molecule has 0 N–H and O–H groups in total. The van der Waals surface area contributed by atoms with Crippen LogP contribution in [-0.4, -0.2) is 12.1 Å². The van der Waals surface area contributed by atoms with Crippen LogP contribution in [0.1, 0.15) is 5.69 Å². The van der Waals surface area contributed by atoms with E-state index >= 15 is 0 Å². The van der Waals surface area contributed by atoms with Crippen LogP contribution in [0.4, 0.5) is 0 Å². The Balaban J connectivity index is 3.19. The van der Waals surface area contributed by atoms with Crippen molar-refractivity contribution < 1.29 is 4.74 Å². The van der Waals surface area contributed by atoms with Crippen molar-refractivity contribution in [2.24, 2.45) is 0 Å². The highest BCUT2D eigenvalue weighted by atomic mass is 127. The average molecular weight is 260 g/mol. The maximum atomic E-state index is 8.55. The zero-order valence-electron chi connectivity index (χ0n) is 5.84. The van der Waals surface area contributed by atoms with E-state index in [4.69, 9.17) is 10.00 Å². The standard InChI is InChI=1S/C7H5IN2O/c1-11-7-2-5(8)4-10-6(7)3-9/h2,4H,1H3. The summed E-state index contributed by atoms with van der Waals surface area (Å²) in [5, 5.41) is 8.55. The highest BCUT2D eigenvalue weighted by Crippen LogP contribution is 2.17. The van der Waals surface area contributed by atoms with Gasteiger partial charge in [0.05, 0.1) is 7.11 Å². The van der Waals surface area contributed by atoms with Crippen molar-refractivity contribution in [1.29, 1.82) is 5.26 Å². The zero-order chi connectivity index (χ0) is 8.27. The third-order valence-electron chi connectivity index (χ3n) is 1.15. The largest absolute Gasteiger partial charge is 0.494 e. The summed E-state index contributed by atoms with van der Waals surface area (Å²) < 4.78 is 5.88. The number of hydrogen-bond acceptors (Lipinski definition) is 3. The average Bonchev–Trinajstić information content (AvgIpc) is 2.04. The molecule has 0 bridgehead atoms. The predicted octanol–water partition coefficient (Wildman–Crippen LogP) is 1.57. The second-order valence-corrected chi connectivity index (χ2v) is 3.06. The lowest BCUT2D eigenvalue weighted by Gasteiger charge is -2.00. The van der Waals surface area contributed by atoms with Gasteiger partial charge in [-0.2, -0.15) is 5.26 Å². The first-order valence-electron chi connectivity index (χ1n) is 2.87. The van der Waals surface area contributed by atoms with E-state index < -0.39 is 0 Å². The van der Waals surface area contributed by atoms with E-state index in [1.165, 1.54) is 7.11 Å². The van der Waals surface area contributed by atoms with Gasteiger partial charge in [0.2, 0.25) is 0 Å². The fourth-order valence-electron chi connectivity index (χ4n) is 0.660. The van der Waals surface area contributed by atoms with Crippen LogP contribution in [0.3, 0.4) is 0 Å². The highest BCUT2D eigenvalue weighted by molar-refractivity contribution is 14.1.